The maximum atomic E-state index is 14.3. The Labute approximate surface area is 333 Å². The molecule has 2 aromatic carbocycles. The number of hydrogen-bond donors (Lipinski definition) is 3. The summed E-state index contributed by atoms with van der Waals surface area (Å²) in [6.07, 6.45) is 4.05. The number of hydrogen-bond acceptors (Lipinski definition) is 12. The van der Waals surface area contributed by atoms with Gasteiger partial charge in [-0.15, -0.1) is 22.7 Å². The number of carbonyl (C=O) groups excluding carboxylic acids is 2. The Morgan fingerprint density at radius 3 is 2.24 bits per heavy atom. The summed E-state index contributed by atoms with van der Waals surface area (Å²) in [7, 11) is 2.04. The largest absolute Gasteiger partial charge is 0.444 e. The van der Waals surface area contributed by atoms with E-state index < -0.39 is 12.1 Å². The molecule has 3 N–H and O–H groups in total. The molecule has 2 amide bonds. The average Bonchev–Trinajstić information content (AvgIpc) is 3.50. The summed E-state index contributed by atoms with van der Waals surface area (Å²) in [5.41, 5.74) is 5.01. The SMILES string of the molecule is CC(C)c1nc(CN(C)C2OC2N[C@@H](CCN2CCOCC2)C(=O)N[C@H](CC[C@H](Cc2ccccc2)NC(=O)OCc2cncs2)Cc2ccccc2)cs1. The van der Waals surface area contributed by atoms with Crippen LogP contribution in [0.25, 0.3) is 0 Å². The molecule has 2 aliphatic rings. The van der Waals surface area contributed by atoms with Crippen molar-refractivity contribution in [1.82, 2.24) is 35.7 Å². The van der Waals surface area contributed by atoms with E-state index in [-0.39, 0.29) is 37.1 Å². The predicted octanol–water partition coefficient (Wildman–Crippen LogP) is 5.56. The second kappa shape index (κ2) is 21.0. The van der Waals surface area contributed by atoms with E-state index in [0.29, 0.717) is 57.8 Å². The van der Waals surface area contributed by atoms with E-state index in [9.17, 15) is 9.59 Å². The lowest BCUT2D eigenvalue weighted by atomic mass is 9.95. The number of epoxide rings is 1. The highest BCUT2D eigenvalue weighted by Gasteiger charge is 2.44. The first kappa shape index (κ1) is 40.9. The molecule has 6 rings (SSSR count). The molecule has 5 atom stereocenters. The third-order valence-corrected chi connectivity index (χ3v) is 11.9. The Hall–Kier alpha value is -3.76. The summed E-state index contributed by atoms with van der Waals surface area (Å²) in [5, 5.41) is 13.4. The molecule has 55 heavy (non-hydrogen) atoms. The van der Waals surface area contributed by atoms with Gasteiger partial charge in [0.25, 0.3) is 0 Å². The van der Waals surface area contributed by atoms with Crippen LogP contribution in [-0.4, -0.2) is 102 Å². The van der Waals surface area contributed by atoms with Crippen molar-refractivity contribution in [1.29, 1.82) is 0 Å². The van der Waals surface area contributed by atoms with Crippen molar-refractivity contribution < 1.29 is 23.8 Å². The highest BCUT2D eigenvalue weighted by Crippen LogP contribution is 2.27. The Balaban J connectivity index is 1.11. The number of morpholine rings is 1. The van der Waals surface area contributed by atoms with Crippen LogP contribution in [0.3, 0.4) is 0 Å². The van der Waals surface area contributed by atoms with E-state index in [0.717, 1.165) is 46.3 Å². The highest BCUT2D eigenvalue weighted by molar-refractivity contribution is 7.09. The van der Waals surface area contributed by atoms with Crippen LogP contribution in [0.5, 0.6) is 0 Å². The molecule has 0 bridgehead atoms. The fourth-order valence-electron chi connectivity index (χ4n) is 6.80. The van der Waals surface area contributed by atoms with Gasteiger partial charge in [-0.3, -0.25) is 24.9 Å². The molecule has 0 radical (unpaired) electrons. The van der Waals surface area contributed by atoms with Crippen LogP contribution in [-0.2, 0) is 45.0 Å². The maximum absolute atomic E-state index is 14.3. The minimum atomic E-state index is -0.468. The Morgan fingerprint density at radius 1 is 0.945 bits per heavy atom. The van der Waals surface area contributed by atoms with Crippen LogP contribution in [0, 0.1) is 0 Å². The van der Waals surface area contributed by atoms with E-state index in [1.807, 2.05) is 43.4 Å². The summed E-state index contributed by atoms with van der Waals surface area (Å²) in [6, 6.07) is 19.5. The van der Waals surface area contributed by atoms with Crippen LogP contribution < -0.4 is 16.0 Å². The number of ether oxygens (including phenoxy) is 3. The summed E-state index contributed by atoms with van der Waals surface area (Å²) in [4.78, 5) is 41.6. The third kappa shape index (κ3) is 13.4. The van der Waals surface area contributed by atoms with Crippen LogP contribution in [0.2, 0.25) is 0 Å². The van der Waals surface area contributed by atoms with Crippen molar-refractivity contribution >= 4 is 34.7 Å². The first-order chi connectivity index (χ1) is 26.8. The van der Waals surface area contributed by atoms with Gasteiger partial charge in [-0.25, -0.2) is 9.78 Å². The van der Waals surface area contributed by atoms with Gasteiger partial charge >= 0.3 is 6.09 Å². The molecule has 2 aliphatic heterocycles. The summed E-state index contributed by atoms with van der Waals surface area (Å²) < 4.78 is 17.2. The average molecular weight is 790 g/mol. The number of likely N-dealkylation sites (N-methyl/N-ethyl adjacent to an activating group) is 1. The number of carbonyl (C=O) groups is 2. The second-order valence-corrected chi connectivity index (χ2v) is 16.6. The quantitative estimate of drug-likeness (QED) is 0.0922. The van der Waals surface area contributed by atoms with Crippen LogP contribution in [0.1, 0.15) is 65.7 Å². The fraction of sp³-hybridized carbons (Fsp3) is 0.512. The first-order valence-electron chi connectivity index (χ1n) is 19.3. The molecule has 2 fully saturated rings. The first-order valence-corrected chi connectivity index (χ1v) is 21.1. The molecule has 296 valence electrons. The molecule has 14 heteroatoms. The number of alkyl carbamates (subject to hydrolysis) is 1. The number of benzene rings is 2. The summed E-state index contributed by atoms with van der Waals surface area (Å²) in [6.45, 7) is 9.04. The fourth-order valence-corrected chi connectivity index (χ4v) is 8.13. The highest BCUT2D eigenvalue weighted by atomic mass is 32.1. The number of aromatic nitrogens is 2. The van der Waals surface area contributed by atoms with E-state index in [4.69, 9.17) is 19.2 Å². The molecule has 4 aromatic rings. The molecule has 2 unspecified atom stereocenters. The monoisotopic (exact) mass is 789 g/mol. The lowest BCUT2D eigenvalue weighted by molar-refractivity contribution is -0.124. The molecular formula is C41H55N7O5S2. The molecule has 0 spiro atoms. The van der Waals surface area contributed by atoms with Crippen molar-refractivity contribution in [3.63, 3.8) is 0 Å². The van der Waals surface area contributed by atoms with Gasteiger partial charge in [-0.2, -0.15) is 0 Å². The third-order valence-electron chi connectivity index (χ3n) is 9.91. The standard InChI is InChI=1S/C41H55N7O5S2/c1-29(2)39-44-34(27-54-39)25-47(3)40-38(53-40)46-36(16-17-48-18-20-51-21-19-48)37(49)43-32(22-30-10-6-4-7-11-30)14-15-33(23-31-12-8-5-9-13-31)45-41(50)52-26-35-24-42-28-55-35/h4-13,24,27-29,32-33,36,38,40,46H,14-23,25-26H2,1-3H3,(H,43,49)(H,45,50)/t32-,33-,36+,38?,40?/m1/s1. The molecule has 2 aromatic heterocycles. The Morgan fingerprint density at radius 2 is 1.62 bits per heavy atom. The molecular weight excluding hydrogens is 735 g/mol. The molecule has 2 saturated heterocycles. The number of nitrogens with one attached hydrogen (secondary N) is 3. The van der Waals surface area contributed by atoms with Crippen molar-refractivity contribution in [3.05, 3.63) is 104 Å². The normalized spacial score (nSPS) is 18.9. The van der Waals surface area contributed by atoms with Crippen LogP contribution in [0.4, 0.5) is 4.79 Å². The Kier molecular flexibility index (Phi) is 15.6. The minimum absolute atomic E-state index is 0.0521. The van der Waals surface area contributed by atoms with Crippen molar-refractivity contribution in [3.8, 4) is 0 Å². The van der Waals surface area contributed by atoms with E-state index in [1.54, 1.807) is 23.0 Å². The van der Waals surface area contributed by atoms with E-state index >= 15 is 0 Å². The lowest BCUT2D eigenvalue weighted by Gasteiger charge is -2.29. The molecule has 4 heterocycles. The van der Waals surface area contributed by atoms with E-state index in [2.05, 4.69) is 74.2 Å². The number of nitrogens with zero attached hydrogens (tertiary/aromatic N) is 4. The predicted molar refractivity (Wildman–Crippen MR) is 216 cm³/mol. The number of rotatable bonds is 21. The molecule has 0 saturated carbocycles. The van der Waals surface area contributed by atoms with Gasteiger partial charge in [-0.05, 0) is 50.3 Å². The smallest absolute Gasteiger partial charge is 0.407 e. The zero-order valence-corrected chi connectivity index (χ0v) is 33.7. The number of amides is 2. The van der Waals surface area contributed by atoms with Gasteiger partial charge in [0.2, 0.25) is 5.91 Å². The van der Waals surface area contributed by atoms with Gasteiger partial charge in [0.15, 0.2) is 12.5 Å². The van der Waals surface area contributed by atoms with Gasteiger partial charge in [-0.1, -0.05) is 74.5 Å². The minimum Gasteiger partial charge on any atom is -0.444 e. The maximum Gasteiger partial charge on any atom is 0.407 e. The van der Waals surface area contributed by atoms with Gasteiger partial charge in [0, 0.05) is 55.8 Å². The van der Waals surface area contributed by atoms with Crippen LogP contribution in [0.15, 0.2) is 77.8 Å². The topological polar surface area (TPSA) is 133 Å². The second-order valence-electron chi connectivity index (χ2n) is 14.7. The van der Waals surface area contributed by atoms with E-state index in [1.165, 1.54) is 11.3 Å². The zero-order chi connectivity index (χ0) is 38.4. The summed E-state index contributed by atoms with van der Waals surface area (Å²) in [5.74, 6) is 0.345. The van der Waals surface area contributed by atoms with Gasteiger partial charge in [0.05, 0.1) is 40.3 Å². The van der Waals surface area contributed by atoms with Crippen LogP contribution >= 0.6 is 22.7 Å². The number of thiazole rings is 2. The van der Waals surface area contributed by atoms with Crippen molar-refractivity contribution in [2.24, 2.45) is 0 Å². The molecule has 12 nitrogen and oxygen atoms in total. The lowest BCUT2D eigenvalue weighted by Crippen LogP contribution is -2.52. The zero-order valence-electron chi connectivity index (χ0n) is 32.1. The van der Waals surface area contributed by atoms with Gasteiger partial charge < -0.3 is 24.8 Å². The van der Waals surface area contributed by atoms with Gasteiger partial charge in [0.1, 0.15) is 6.61 Å². The van der Waals surface area contributed by atoms with Crippen molar-refractivity contribution in [2.45, 2.75) is 95.6 Å². The summed E-state index contributed by atoms with van der Waals surface area (Å²) >= 11 is 3.14. The molecule has 0 aliphatic carbocycles. The Bertz CT molecular complexity index is 1720. The van der Waals surface area contributed by atoms with Crippen molar-refractivity contribution in [2.75, 3.05) is 39.9 Å².